The molecule has 0 atom stereocenters. The molecular weight excluding hydrogens is 394 g/mol. The molecule has 4 nitrogen and oxygen atoms in total. The molecule has 2 aliphatic heterocycles. The second kappa shape index (κ2) is 7.61. The van der Waals surface area contributed by atoms with Gasteiger partial charge in [0.2, 0.25) is 0 Å². The predicted molar refractivity (Wildman–Crippen MR) is 103 cm³/mol. The molecule has 2 aromatic carbocycles. The highest BCUT2D eigenvalue weighted by molar-refractivity contribution is 9.10. The summed E-state index contributed by atoms with van der Waals surface area (Å²) in [4.78, 5) is 15.1. The van der Waals surface area contributed by atoms with Crippen molar-refractivity contribution >= 4 is 21.7 Å². The lowest BCUT2D eigenvalue weighted by Crippen LogP contribution is -2.44. The lowest BCUT2D eigenvalue weighted by Gasteiger charge is -2.37. The summed E-state index contributed by atoms with van der Waals surface area (Å²) in [6, 6.07) is 15.5. The van der Waals surface area contributed by atoms with Gasteiger partial charge in [0, 0.05) is 48.1 Å². The Hall–Kier alpha value is -1.53. The van der Waals surface area contributed by atoms with E-state index in [2.05, 4.69) is 26.9 Å². The van der Waals surface area contributed by atoms with Gasteiger partial charge in [-0.05, 0) is 35.9 Å². The smallest absolute Gasteiger partial charge is 0.193 e. The fourth-order valence-corrected chi connectivity index (χ4v) is 3.94. The summed E-state index contributed by atoms with van der Waals surface area (Å²) in [7, 11) is 0. The Bertz CT molecular complexity index is 774. The molecule has 0 N–H and O–H groups in total. The van der Waals surface area contributed by atoms with Crippen LogP contribution < -0.4 is 0 Å². The van der Waals surface area contributed by atoms with Crippen LogP contribution in [0.15, 0.2) is 53.0 Å². The second-order valence-corrected chi connectivity index (χ2v) is 7.84. The summed E-state index contributed by atoms with van der Waals surface area (Å²) < 4.78 is 12.6. The van der Waals surface area contributed by atoms with E-state index in [1.165, 1.54) is 0 Å². The summed E-state index contributed by atoms with van der Waals surface area (Å²) in [5, 5.41) is 0. The van der Waals surface area contributed by atoms with Gasteiger partial charge in [-0.25, -0.2) is 0 Å². The molecule has 0 bridgehead atoms. The first-order valence-electron chi connectivity index (χ1n) is 9.03. The highest BCUT2D eigenvalue weighted by Gasteiger charge is 2.39. The number of piperidine rings is 1. The molecule has 2 heterocycles. The molecule has 4 rings (SSSR count). The first-order chi connectivity index (χ1) is 12.6. The zero-order chi connectivity index (χ0) is 18.0. The van der Waals surface area contributed by atoms with Gasteiger partial charge in [0.15, 0.2) is 11.6 Å². The molecule has 2 aromatic rings. The molecule has 1 spiro atoms. The third-order valence-electron chi connectivity index (χ3n) is 5.13. The Labute approximate surface area is 162 Å². The van der Waals surface area contributed by atoms with Crippen LogP contribution in [0.1, 0.15) is 34.3 Å². The Balaban J connectivity index is 1.41. The molecule has 0 aromatic heterocycles. The van der Waals surface area contributed by atoms with Crippen LogP contribution >= 0.6 is 15.9 Å². The average Bonchev–Trinajstić information content (AvgIpc) is 3.12. The first kappa shape index (κ1) is 17.9. The SMILES string of the molecule is O=C(c1ccc(Br)cc1)c1cccc(CN2CCC3(CC2)OCCO3)c1. The van der Waals surface area contributed by atoms with Gasteiger partial charge in [0.05, 0.1) is 13.2 Å². The van der Waals surface area contributed by atoms with Crippen LogP contribution in [0, 0.1) is 0 Å². The number of hydrogen-bond donors (Lipinski definition) is 0. The van der Waals surface area contributed by atoms with E-state index in [0.717, 1.165) is 48.1 Å². The topological polar surface area (TPSA) is 38.8 Å². The molecule has 2 aliphatic rings. The molecule has 0 aliphatic carbocycles. The Morgan fingerprint density at radius 1 is 1.00 bits per heavy atom. The largest absolute Gasteiger partial charge is 0.347 e. The highest BCUT2D eigenvalue weighted by Crippen LogP contribution is 2.31. The van der Waals surface area contributed by atoms with E-state index in [1.807, 2.05) is 42.5 Å². The van der Waals surface area contributed by atoms with Crippen LogP contribution in [0.2, 0.25) is 0 Å². The van der Waals surface area contributed by atoms with Crippen molar-refractivity contribution in [3.63, 3.8) is 0 Å². The maximum atomic E-state index is 12.7. The summed E-state index contributed by atoms with van der Waals surface area (Å²) in [5.74, 6) is -0.277. The van der Waals surface area contributed by atoms with Crippen molar-refractivity contribution in [2.24, 2.45) is 0 Å². The fraction of sp³-hybridized carbons (Fsp3) is 0.381. The number of nitrogens with zero attached hydrogens (tertiary/aromatic N) is 1. The van der Waals surface area contributed by atoms with E-state index in [-0.39, 0.29) is 11.6 Å². The van der Waals surface area contributed by atoms with Crippen molar-refractivity contribution in [1.82, 2.24) is 4.90 Å². The van der Waals surface area contributed by atoms with Gasteiger partial charge in [-0.3, -0.25) is 9.69 Å². The number of carbonyl (C=O) groups is 1. The minimum absolute atomic E-state index is 0.0599. The zero-order valence-corrected chi connectivity index (χ0v) is 16.2. The Morgan fingerprint density at radius 2 is 1.69 bits per heavy atom. The van der Waals surface area contributed by atoms with E-state index in [0.29, 0.717) is 18.8 Å². The number of rotatable bonds is 4. The number of likely N-dealkylation sites (tertiary alicyclic amines) is 1. The van der Waals surface area contributed by atoms with E-state index in [9.17, 15) is 4.79 Å². The maximum absolute atomic E-state index is 12.7. The standard InChI is InChI=1S/C21H22BrNO3/c22-19-6-4-17(5-7-19)20(24)18-3-1-2-16(14-18)15-23-10-8-21(9-11-23)25-12-13-26-21/h1-7,14H,8-13,15H2. The number of carbonyl (C=O) groups excluding carboxylic acids is 1. The van der Waals surface area contributed by atoms with Crippen LogP contribution in [0.25, 0.3) is 0 Å². The molecule has 26 heavy (non-hydrogen) atoms. The number of ketones is 1. The maximum Gasteiger partial charge on any atom is 0.193 e. The number of hydrogen-bond acceptors (Lipinski definition) is 4. The predicted octanol–water partition coefficient (Wildman–Crippen LogP) is 4.02. The van der Waals surface area contributed by atoms with Crippen LogP contribution in [-0.4, -0.2) is 42.8 Å². The minimum atomic E-state index is -0.337. The summed E-state index contributed by atoms with van der Waals surface area (Å²) in [6.07, 6.45) is 1.81. The number of benzene rings is 2. The first-order valence-corrected chi connectivity index (χ1v) is 9.82. The molecule has 136 valence electrons. The molecular formula is C21H22BrNO3. The van der Waals surface area contributed by atoms with E-state index < -0.39 is 0 Å². The van der Waals surface area contributed by atoms with Crippen molar-refractivity contribution in [1.29, 1.82) is 0 Å². The van der Waals surface area contributed by atoms with Crippen molar-refractivity contribution in [3.05, 3.63) is 69.7 Å². The Kier molecular flexibility index (Phi) is 5.23. The third kappa shape index (κ3) is 3.91. The molecule has 2 saturated heterocycles. The van der Waals surface area contributed by atoms with Crippen LogP contribution in [-0.2, 0) is 16.0 Å². The van der Waals surface area contributed by atoms with Crippen molar-refractivity contribution in [2.45, 2.75) is 25.2 Å². The Morgan fingerprint density at radius 3 is 2.38 bits per heavy atom. The van der Waals surface area contributed by atoms with E-state index >= 15 is 0 Å². The zero-order valence-electron chi connectivity index (χ0n) is 14.6. The van der Waals surface area contributed by atoms with Crippen LogP contribution in [0.5, 0.6) is 0 Å². The molecule has 0 radical (unpaired) electrons. The summed E-state index contributed by atoms with van der Waals surface area (Å²) >= 11 is 3.41. The molecule has 2 fully saturated rings. The van der Waals surface area contributed by atoms with Gasteiger partial charge < -0.3 is 9.47 Å². The summed E-state index contributed by atoms with van der Waals surface area (Å²) in [6.45, 7) is 4.16. The van der Waals surface area contributed by atoms with Gasteiger partial charge in [0.25, 0.3) is 0 Å². The second-order valence-electron chi connectivity index (χ2n) is 6.92. The van der Waals surface area contributed by atoms with E-state index in [1.54, 1.807) is 0 Å². The van der Waals surface area contributed by atoms with Crippen LogP contribution in [0.3, 0.4) is 0 Å². The highest BCUT2D eigenvalue weighted by atomic mass is 79.9. The lowest BCUT2D eigenvalue weighted by atomic mass is 10.00. The van der Waals surface area contributed by atoms with Crippen molar-refractivity contribution < 1.29 is 14.3 Å². The molecule has 5 heteroatoms. The quantitative estimate of drug-likeness (QED) is 0.706. The van der Waals surface area contributed by atoms with Gasteiger partial charge in [-0.2, -0.15) is 0 Å². The summed E-state index contributed by atoms with van der Waals surface area (Å²) in [5.41, 5.74) is 2.61. The fourth-order valence-electron chi connectivity index (χ4n) is 3.67. The van der Waals surface area contributed by atoms with Crippen LogP contribution in [0.4, 0.5) is 0 Å². The number of halogens is 1. The molecule has 0 unspecified atom stereocenters. The number of ether oxygens (including phenoxy) is 2. The normalized spacial score (nSPS) is 19.7. The van der Waals surface area contributed by atoms with Crippen molar-refractivity contribution in [2.75, 3.05) is 26.3 Å². The van der Waals surface area contributed by atoms with E-state index in [4.69, 9.17) is 9.47 Å². The van der Waals surface area contributed by atoms with Gasteiger partial charge in [-0.1, -0.05) is 34.1 Å². The molecule has 0 saturated carbocycles. The van der Waals surface area contributed by atoms with Crippen molar-refractivity contribution in [3.8, 4) is 0 Å². The average molecular weight is 416 g/mol. The van der Waals surface area contributed by atoms with Gasteiger partial charge in [0.1, 0.15) is 0 Å². The third-order valence-corrected chi connectivity index (χ3v) is 5.66. The molecule has 0 amide bonds. The van der Waals surface area contributed by atoms with Gasteiger partial charge >= 0.3 is 0 Å². The van der Waals surface area contributed by atoms with Gasteiger partial charge in [-0.15, -0.1) is 0 Å². The lowest BCUT2D eigenvalue weighted by molar-refractivity contribution is -0.185. The minimum Gasteiger partial charge on any atom is -0.347 e. The monoisotopic (exact) mass is 415 g/mol.